The first-order chi connectivity index (χ1) is 29.4. The fourth-order valence-corrected chi connectivity index (χ4v) is 12.7. The minimum atomic E-state index is -3.44. The van der Waals surface area contributed by atoms with Gasteiger partial charge >= 0.3 is 0 Å². The first-order valence-corrected chi connectivity index (χ1v) is 23.3. The molecule has 0 fully saturated rings. The van der Waals surface area contributed by atoms with Gasteiger partial charge in [-0.25, -0.2) is 0 Å². The molecule has 294 valence electrons. The molecule has 0 saturated carbocycles. The van der Waals surface area contributed by atoms with Crippen LogP contribution < -0.4 is 20.5 Å². The van der Waals surface area contributed by atoms with Gasteiger partial charge in [0.05, 0.1) is 22.0 Å². The van der Waals surface area contributed by atoms with E-state index < -0.39 is 7.14 Å². The van der Waals surface area contributed by atoms with Crippen LogP contribution in [0, 0.1) is 0 Å². The molecule has 10 rings (SSSR count). The number of hydrogen-bond acceptors (Lipinski definition) is 1. The Morgan fingerprint density at radius 3 is 1.95 bits per heavy atom. The summed E-state index contributed by atoms with van der Waals surface area (Å²) in [5.74, 6) is 0. The highest BCUT2D eigenvalue weighted by molar-refractivity contribution is 7.85. The topological polar surface area (TPSA) is 25.9 Å². The molecule has 0 saturated heterocycles. The molecule has 9 aromatic rings. The molecule has 3 nitrogen and oxygen atoms in total. The number of aromatic nitrogens is 2. The predicted octanol–water partition coefficient (Wildman–Crippen LogP) is 13.1. The van der Waals surface area contributed by atoms with E-state index in [1.807, 2.05) is 30.3 Å². The molecular weight excluding hydrogens is 748 g/mol. The molecule has 0 bridgehead atoms. The van der Waals surface area contributed by atoms with E-state index in [9.17, 15) is 0 Å². The van der Waals surface area contributed by atoms with Gasteiger partial charge in [0.1, 0.15) is 0 Å². The second kappa shape index (κ2) is 15.1. The Bertz CT molecular complexity index is 3140. The number of unbranched alkanes of at least 4 members (excludes halogenated alkanes) is 1. The van der Waals surface area contributed by atoms with E-state index in [0.29, 0.717) is 0 Å². The van der Waals surface area contributed by atoms with E-state index in [-0.39, 0.29) is 5.54 Å². The van der Waals surface area contributed by atoms with Crippen molar-refractivity contribution >= 4 is 61.2 Å². The molecule has 60 heavy (non-hydrogen) atoms. The number of benzene rings is 7. The molecular formula is C56H50N2OP+. The second-order valence-corrected chi connectivity index (χ2v) is 19.2. The van der Waals surface area contributed by atoms with Crippen LogP contribution in [0.4, 0.5) is 0 Å². The number of pyridine rings is 1. The highest BCUT2D eigenvalue weighted by atomic mass is 31.2. The van der Waals surface area contributed by atoms with Crippen molar-refractivity contribution in [1.29, 1.82) is 0 Å². The van der Waals surface area contributed by atoms with Crippen LogP contribution in [0.2, 0.25) is 0 Å². The first kappa shape index (κ1) is 38.0. The predicted molar refractivity (Wildman–Crippen MR) is 255 cm³/mol. The molecule has 1 aliphatic rings. The molecule has 0 radical (unpaired) electrons. The van der Waals surface area contributed by atoms with Gasteiger partial charge in [-0.2, -0.15) is 4.57 Å². The number of hydrogen-bond donors (Lipinski definition) is 0. The second-order valence-electron chi connectivity index (χ2n) is 16.4. The summed E-state index contributed by atoms with van der Waals surface area (Å²) >= 11 is 0. The molecule has 2 aromatic heterocycles. The highest BCUT2D eigenvalue weighted by Gasteiger charge is 2.48. The largest absolute Gasteiger partial charge is 0.309 e. The van der Waals surface area contributed by atoms with Crippen LogP contribution in [-0.4, -0.2) is 4.57 Å². The number of para-hydroxylation sites is 1. The zero-order valence-corrected chi connectivity index (χ0v) is 35.6. The maximum absolute atomic E-state index is 16.6. The van der Waals surface area contributed by atoms with Gasteiger partial charge in [0, 0.05) is 56.9 Å². The third-order valence-electron chi connectivity index (χ3n) is 13.4. The van der Waals surface area contributed by atoms with Crippen LogP contribution in [0.3, 0.4) is 0 Å². The summed E-state index contributed by atoms with van der Waals surface area (Å²) in [6.07, 6.45) is 7.57. The number of aryl methyl sites for hydroxylation is 1. The van der Waals surface area contributed by atoms with Crippen molar-refractivity contribution in [2.75, 3.05) is 0 Å². The molecule has 0 amide bonds. The fraction of sp³-hybridized carbons (Fsp3) is 0.161. The van der Waals surface area contributed by atoms with E-state index in [1.165, 1.54) is 40.3 Å². The maximum atomic E-state index is 16.6. The van der Waals surface area contributed by atoms with Crippen LogP contribution in [0.5, 0.6) is 0 Å². The third-order valence-corrected chi connectivity index (χ3v) is 16.4. The van der Waals surface area contributed by atoms with E-state index in [1.54, 1.807) is 0 Å². The smallest absolute Gasteiger partial charge is 0.221 e. The van der Waals surface area contributed by atoms with Gasteiger partial charge in [-0.1, -0.05) is 143 Å². The normalized spacial score (nSPS) is 14.3. The van der Waals surface area contributed by atoms with Crippen LogP contribution in [-0.2, 0) is 16.5 Å². The third kappa shape index (κ3) is 5.86. The minimum absolute atomic E-state index is 0.259. The van der Waals surface area contributed by atoms with Gasteiger partial charge in [-0.3, -0.25) is 0 Å². The Labute approximate surface area is 353 Å². The van der Waals surface area contributed by atoms with Crippen molar-refractivity contribution in [2.24, 2.45) is 0 Å². The molecule has 1 atom stereocenters. The Kier molecular flexibility index (Phi) is 9.54. The van der Waals surface area contributed by atoms with Crippen molar-refractivity contribution in [3.63, 3.8) is 0 Å². The lowest BCUT2D eigenvalue weighted by molar-refractivity contribution is -0.740. The monoisotopic (exact) mass is 797 g/mol. The van der Waals surface area contributed by atoms with Crippen LogP contribution >= 0.6 is 7.14 Å². The molecule has 7 aromatic carbocycles. The summed E-state index contributed by atoms with van der Waals surface area (Å²) in [5.41, 5.74) is 11.3. The molecule has 1 aliphatic heterocycles. The molecule has 0 spiro atoms. The van der Waals surface area contributed by atoms with E-state index in [4.69, 9.17) is 6.58 Å². The van der Waals surface area contributed by atoms with Crippen LogP contribution in [0.1, 0.15) is 57.6 Å². The van der Waals surface area contributed by atoms with Crippen molar-refractivity contribution < 1.29 is 9.13 Å². The summed E-state index contributed by atoms with van der Waals surface area (Å²) in [4.78, 5) is 0. The van der Waals surface area contributed by atoms with Crippen molar-refractivity contribution in [2.45, 2.75) is 58.4 Å². The molecule has 0 N–H and O–H groups in total. The zero-order chi connectivity index (χ0) is 41.0. The number of fused-ring (bicyclic) bond motifs is 8. The van der Waals surface area contributed by atoms with Gasteiger partial charge in [0.25, 0.3) is 0 Å². The summed E-state index contributed by atoms with van der Waals surface area (Å²) in [6.45, 7) is 11.6. The molecule has 4 heteroatoms. The Balaban J connectivity index is 1.21. The molecule has 1 unspecified atom stereocenters. The lowest BCUT2D eigenvalue weighted by Crippen LogP contribution is -2.59. The van der Waals surface area contributed by atoms with E-state index >= 15 is 4.57 Å². The van der Waals surface area contributed by atoms with Crippen molar-refractivity contribution in [1.82, 2.24) is 4.57 Å². The van der Waals surface area contributed by atoms with E-state index in [0.717, 1.165) is 85.1 Å². The maximum Gasteiger partial charge on any atom is 0.221 e. The lowest BCUT2D eigenvalue weighted by atomic mass is 9.75. The van der Waals surface area contributed by atoms with Gasteiger partial charge in [-0.05, 0) is 95.1 Å². The average Bonchev–Trinajstić information content (AvgIpc) is 3.64. The number of nitrogens with zero attached hydrogens (tertiary/aromatic N) is 2. The summed E-state index contributed by atoms with van der Waals surface area (Å²) in [6, 6.07) is 60.5. The SMILES string of the molecule is C=C1c2ccc(P(=O)(c3ccccc3)c3ccc4c(c3)c3cc(-c5ccc(CCCC)cc5)ccc3n4-c3ccccc3)cc2-c2c3ccccc3cc[n+]2C1(CC)CC. The summed E-state index contributed by atoms with van der Waals surface area (Å²) in [5, 5.41) is 7.04. The fourth-order valence-electron chi connectivity index (χ4n) is 10.0. The molecule has 3 heterocycles. The van der Waals surface area contributed by atoms with Crippen LogP contribution in [0.25, 0.3) is 66.2 Å². The van der Waals surface area contributed by atoms with Gasteiger partial charge in [-0.15, -0.1) is 0 Å². The summed E-state index contributed by atoms with van der Waals surface area (Å²) in [7, 11) is -3.44. The lowest BCUT2D eigenvalue weighted by Gasteiger charge is -2.35. The standard InChI is InChI=1S/C56H50N2OP/c1-5-8-17-40-24-26-41(27-25-40)43-28-32-53-50(36-43)51-37-47(30-33-54(51)58(53)44-19-11-9-12-20-44)60(59,45-21-13-10-14-22-45)46-29-31-48-39(4)56(6-2,7-3)57-35-34-42-18-15-16-23-49(42)55(57)52(48)38-46/h9-16,18-38H,4-8,17H2,1-3H3/q+1. The highest BCUT2D eigenvalue weighted by Crippen LogP contribution is 2.49. The minimum Gasteiger partial charge on any atom is -0.309 e. The summed E-state index contributed by atoms with van der Waals surface area (Å²) < 4.78 is 21.4. The van der Waals surface area contributed by atoms with Crippen LogP contribution in [0.15, 0.2) is 183 Å². The van der Waals surface area contributed by atoms with E-state index in [2.05, 4.69) is 176 Å². The van der Waals surface area contributed by atoms with Gasteiger partial charge in [0.2, 0.25) is 5.69 Å². The Morgan fingerprint density at radius 1 is 0.583 bits per heavy atom. The average molecular weight is 798 g/mol. The Morgan fingerprint density at radius 2 is 1.22 bits per heavy atom. The molecule has 0 aliphatic carbocycles. The number of allylic oxidation sites excluding steroid dienone is 1. The zero-order valence-electron chi connectivity index (χ0n) is 34.7. The quantitative estimate of drug-likeness (QED) is 0.1000. The number of rotatable bonds is 10. The first-order valence-electron chi connectivity index (χ1n) is 21.6. The van der Waals surface area contributed by atoms with Gasteiger partial charge in [0.15, 0.2) is 18.9 Å². The van der Waals surface area contributed by atoms with Crippen molar-refractivity contribution in [3.8, 4) is 28.1 Å². The van der Waals surface area contributed by atoms with Crippen molar-refractivity contribution in [3.05, 3.63) is 194 Å². The van der Waals surface area contributed by atoms with Gasteiger partial charge < -0.3 is 9.13 Å². The Hall–Kier alpha value is -6.28.